The smallest absolute Gasteiger partial charge is 0.267 e. The van der Waals surface area contributed by atoms with E-state index in [1.807, 2.05) is 31.2 Å². The number of nitrogens with zero attached hydrogens (tertiary/aromatic N) is 5. The van der Waals surface area contributed by atoms with Crippen LogP contribution in [0, 0.1) is 6.92 Å². The normalized spacial score (nSPS) is 19.6. The maximum Gasteiger partial charge on any atom is 0.267 e. The fourth-order valence-corrected chi connectivity index (χ4v) is 3.51. The summed E-state index contributed by atoms with van der Waals surface area (Å²) in [6.45, 7) is 1.92. The molecule has 1 aliphatic carbocycles. The van der Waals surface area contributed by atoms with E-state index in [0.29, 0.717) is 6.04 Å². The molecule has 7 nitrogen and oxygen atoms in total. The van der Waals surface area contributed by atoms with Crippen molar-refractivity contribution in [3.63, 3.8) is 0 Å². The zero-order valence-corrected chi connectivity index (χ0v) is 15.2. The van der Waals surface area contributed by atoms with Crippen LogP contribution >= 0.6 is 0 Å². The van der Waals surface area contributed by atoms with Crippen molar-refractivity contribution in [2.24, 2.45) is 0 Å². The molecule has 1 fully saturated rings. The van der Waals surface area contributed by atoms with Gasteiger partial charge >= 0.3 is 0 Å². The van der Waals surface area contributed by atoms with Crippen LogP contribution < -0.4 is 10.9 Å². The summed E-state index contributed by atoms with van der Waals surface area (Å²) in [5.74, 6) is 0.805. The molecule has 4 rings (SSSR count). The second kappa shape index (κ2) is 7.65. The Morgan fingerprint density at radius 1 is 0.963 bits per heavy atom. The first-order chi connectivity index (χ1) is 13.2. The second-order valence-electron chi connectivity index (χ2n) is 6.95. The number of aromatic nitrogens is 5. The van der Waals surface area contributed by atoms with Gasteiger partial charge in [0.15, 0.2) is 0 Å². The van der Waals surface area contributed by atoms with E-state index in [1.165, 1.54) is 0 Å². The highest BCUT2D eigenvalue weighted by Crippen LogP contribution is 2.29. The molecule has 7 heteroatoms. The van der Waals surface area contributed by atoms with E-state index in [9.17, 15) is 4.79 Å². The van der Waals surface area contributed by atoms with E-state index in [-0.39, 0.29) is 11.6 Å². The van der Waals surface area contributed by atoms with Gasteiger partial charge in [0.2, 0.25) is 0 Å². The minimum absolute atomic E-state index is 0.0476. The molecule has 0 bridgehead atoms. The van der Waals surface area contributed by atoms with Gasteiger partial charge in [0.25, 0.3) is 5.56 Å². The summed E-state index contributed by atoms with van der Waals surface area (Å²) in [7, 11) is 0. The van der Waals surface area contributed by atoms with Crippen molar-refractivity contribution >= 4 is 5.82 Å². The minimum atomic E-state index is -0.0476. The van der Waals surface area contributed by atoms with E-state index in [2.05, 4.69) is 25.6 Å². The molecule has 0 atom stereocenters. The predicted molar refractivity (Wildman–Crippen MR) is 103 cm³/mol. The van der Waals surface area contributed by atoms with Gasteiger partial charge in [-0.1, -0.05) is 0 Å². The first-order valence-electron chi connectivity index (χ1n) is 9.26. The standard InChI is InChI=1S/C20H22N6O/c1-14-2-8-19(24-23-14)22-16-3-5-17(6-4-16)26-20(27)9-7-18(25-26)15-10-12-21-13-11-15/h2,7-13,16-17H,3-6H2,1H3,(H,22,24). The maximum atomic E-state index is 12.4. The van der Waals surface area contributed by atoms with Crippen LogP contribution in [0.3, 0.4) is 0 Å². The van der Waals surface area contributed by atoms with Crippen molar-refractivity contribution < 1.29 is 0 Å². The Morgan fingerprint density at radius 2 is 1.74 bits per heavy atom. The Bertz CT molecular complexity index is 946. The van der Waals surface area contributed by atoms with Gasteiger partial charge < -0.3 is 5.32 Å². The Hall–Kier alpha value is -3.09. The topological polar surface area (TPSA) is 85.6 Å². The molecule has 0 aliphatic heterocycles. The molecule has 0 amide bonds. The van der Waals surface area contributed by atoms with E-state index in [1.54, 1.807) is 29.2 Å². The summed E-state index contributed by atoms with van der Waals surface area (Å²) in [5.41, 5.74) is 2.62. The number of hydrogen-bond donors (Lipinski definition) is 1. The number of nitrogens with one attached hydrogen (secondary N) is 1. The molecule has 0 aromatic carbocycles. The van der Waals surface area contributed by atoms with Crippen LogP contribution in [0.1, 0.15) is 37.4 Å². The number of rotatable bonds is 4. The SMILES string of the molecule is Cc1ccc(NC2CCC(n3nc(-c4ccncc4)ccc3=O)CC2)nn1. The first-order valence-corrected chi connectivity index (χ1v) is 9.26. The molecule has 1 N–H and O–H groups in total. The van der Waals surface area contributed by atoms with Crippen LogP contribution in [0.25, 0.3) is 11.3 Å². The molecule has 0 spiro atoms. The molecule has 0 unspecified atom stereocenters. The van der Waals surface area contributed by atoms with Crippen LogP contribution in [0.15, 0.2) is 53.6 Å². The first kappa shape index (κ1) is 17.3. The van der Waals surface area contributed by atoms with Gasteiger partial charge in [-0.3, -0.25) is 9.78 Å². The van der Waals surface area contributed by atoms with Gasteiger partial charge in [-0.15, -0.1) is 5.10 Å². The fourth-order valence-electron chi connectivity index (χ4n) is 3.51. The van der Waals surface area contributed by atoms with Crippen LogP contribution in [-0.2, 0) is 0 Å². The molecule has 0 radical (unpaired) electrons. The van der Waals surface area contributed by atoms with E-state index in [4.69, 9.17) is 0 Å². The number of pyridine rings is 1. The van der Waals surface area contributed by atoms with Crippen molar-refractivity contribution in [1.29, 1.82) is 0 Å². The zero-order valence-electron chi connectivity index (χ0n) is 15.2. The zero-order chi connectivity index (χ0) is 18.6. The van der Waals surface area contributed by atoms with E-state index >= 15 is 0 Å². The summed E-state index contributed by atoms with van der Waals surface area (Å²) in [5, 5.41) is 16.3. The minimum Gasteiger partial charge on any atom is -0.366 e. The average molecular weight is 362 g/mol. The number of hydrogen-bond acceptors (Lipinski definition) is 6. The highest BCUT2D eigenvalue weighted by atomic mass is 16.1. The Balaban J connectivity index is 1.45. The highest BCUT2D eigenvalue weighted by Gasteiger charge is 2.24. The summed E-state index contributed by atoms with van der Waals surface area (Å²) < 4.78 is 1.65. The molecule has 1 aliphatic rings. The molecule has 138 valence electrons. The Labute approximate surface area is 157 Å². The average Bonchev–Trinajstić information content (AvgIpc) is 2.71. The lowest BCUT2D eigenvalue weighted by Crippen LogP contribution is -2.33. The van der Waals surface area contributed by atoms with Gasteiger partial charge in [0.1, 0.15) is 5.82 Å². The van der Waals surface area contributed by atoms with Gasteiger partial charge in [-0.05, 0) is 62.9 Å². The molecule has 0 saturated heterocycles. The Kier molecular flexibility index (Phi) is 4.91. The summed E-state index contributed by atoms with van der Waals surface area (Å²) in [4.78, 5) is 16.4. The largest absolute Gasteiger partial charge is 0.366 e. The van der Waals surface area contributed by atoms with Crippen molar-refractivity contribution in [3.8, 4) is 11.3 Å². The van der Waals surface area contributed by atoms with Gasteiger partial charge in [0, 0.05) is 30.1 Å². The lowest BCUT2D eigenvalue weighted by Gasteiger charge is -2.29. The van der Waals surface area contributed by atoms with Crippen LogP contribution in [0.4, 0.5) is 5.82 Å². The van der Waals surface area contributed by atoms with E-state index in [0.717, 1.165) is 48.5 Å². The summed E-state index contributed by atoms with van der Waals surface area (Å²) in [6.07, 6.45) is 7.21. The summed E-state index contributed by atoms with van der Waals surface area (Å²) >= 11 is 0. The molecule has 3 aromatic rings. The second-order valence-corrected chi connectivity index (χ2v) is 6.95. The van der Waals surface area contributed by atoms with Crippen LogP contribution in [-0.4, -0.2) is 31.0 Å². The molecule has 1 saturated carbocycles. The lowest BCUT2D eigenvalue weighted by molar-refractivity contribution is 0.304. The number of aryl methyl sites for hydroxylation is 1. The fraction of sp³-hybridized carbons (Fsp3) is 0.350. The predicted octanol–water partition coefficient (Wildman–Crippen LogP) is 3.00. The van der Waals surface area contributed by atoms with Crippen molar-refractivity contribution in [2.45, 2.75) is 44.7 Å². The third kappa shape index (κ3) is 4.02. The van der Waals surface area contributed by atoms with Crippen molar-refractivity contribution in [3.05, 3.63) is 64.8 Å². The van der Waals surface area contributed by atoms with Crippen LogP contribution in [0.2, 0.25) is 0 Å². The van der Waals surface area contributed by atoms with E-state index < -0.39 is 0 Å². The molecule has 27 heavy (non-hydrogen) atoms. The molecular weight excluding hydrogens is 340 g/mol. The molecule has 3 heterocycles. The van der Waals surface area contributed by atoms with Gasteiger partial charge in [0.05, 0.1) is 17.4 Å². The lowest BCUT2D eigenvalue weighted by atomic mass is 9.91. The summed E-state index contributed by atoms with van der Waals surface area (Å²) in [6, 6.07) is 11.6. The molecule has 3 aromatic heterocycles. The number of anilines is 1. The Morgan fingerprint density at radius 3 is 2.44 bits per heavy atom. The van der Waals surface area contributed by atoms with Crippen molar-refractivity contribution in [1.82, 2.24) is 25.0 Å². The van der Waals surface area contributed by atoms with Gasteiger partial charge in [-0.2, -0.15) is 10.2 Å². The van der Waals surface area contributed by atoms with Crippen LogP contribution in [0.5, 0.6) is 0 Å². The molecular formula is C20H22N6O. The third-order valence-electron chi connectivity index (χ3n) is 4.99. The monoisotopic (exact) mass is 362 g/mol. The maximum absolute atomic E-state index is 12.4. The van der Waals surface area contributed by atoms with Crippen molar-refractivity contribution in [2.75, 3.05) is 5.32 Å². The third-order valence-corrected chi connectivity index (χ3v) is 4.99. The van der Waals surface area contributed by atoms with Gasteiger partial charge in [-0.25, -0.2) is 4.68 Å². The highest BCUT2D eigenvalue weighted by molar-refractivity contribution is 5.57. The quantitative estimate of drug-likeness (QED) is 0.768.